The molecule has 0 aromatic heterocycles. The maximum atomic E-state index is 12.7. The zero-order valence-corrected chi connectivity index (χ0v) is 11.5. The van der Waals surface area contributed by atoms with Crippen LogP contribution < -0.4 is 5.73 Å². The Hall–Kier alpha value is -1.88. The Morgan fingerprint density at radius 3 is 2.53 bits per heavy atom. The van der Waals surface area contributed by atoms with Gasteiger partial charge in [-0.15, -0.1) is 0 Å². The van der Waals surface area contributed by atoms with Crippen molar-refractivity contribution >= 4 is 27.6 Å². The second-order valence-corrected chi connectivity index (χ2v) is 4.79. The van der Waals surface area contributed by atoms with Crippen LogP contribution in [-0.4, -0.2) is 5.97 Å². The van der Waals surface area contributed by atoms with Gasteiger partial charge in [-0.25, -0.2) is 9.18 Å². The van der Waals surface area contributed by atoms with Crippen molar-refractivity contribution in [3.63, 3.8) is 0 Å². The number of esters is 1. The summed E-state index contributed by atoms with van der Waals surface area (Å²) < 4.78 is 18.5. The molecule has 2 aromatic rings. The molecule has 3 nitrogen and oxygen atoms in total. The predicted octanol–water partition coefficient (Wildman–Crippen LogP) is 3.53. The normalized spacial score (nSPS) is 10.2. The molecule has 0 aliphatic heterocycles. The second kappa shape index (κ2) is 5.84. The van der Waals surface area contributed by atoms with Gasteiger partial charge in [0.15, 0.2) is 0 Å². The first kappa shape index (κ1) is 13.5. The fraction of sp³-hybridized carbons (Fsp3) is 0.0714. The SMILES string of the molecule is Nc1cc(C(=O)OCc2ccc(F)cc2)ccc1Br. The molecule has 0 aliphatic rings. The van der Waals surface area contributed by atoms with E-state index in [0.717, 1.165) is 10.0 Å². The molecular weight excluding hydrogens is 313 g/mol. The summed E-state index contributed by atoms with van der Waals surface area (Å²) in [5.74, 6) is -0.792. The third-order valence-electron chi connectivity index (χ3n) is 2.51. The molecule has 0 aliphatic carbocycles. The monoisotopic (exact) mass is 323 g/mol. The van der Waals surface area contributed by atoms with Crippen LogP contribution in [0.2, 0.25) is 0 Å². The zero-order chi connectivity index (χ0) is 13.8. The van der Waals surface area contributed by atoms with Gasteiger partial charge in [-0.1, -0.05) is 12.1 Å². The minimum atomic E-state index is -0.469. The summed E-state index contributed by atoms with van der Waals surface area (Å²) in [6.07, 6.45) is 0. The first-order valence-electron chi connectivity index (χ1n) is 5.53. The fourth-order valence-electron chi connectivity index (χ4n) is 1.48. The average molecular weight is 324 g/mol. The van der Waals surface area contributed by atoms with Crippen molar-refractivity contribution in [1.82, 2.24) is 0 Å². The Balaban J connectivity index is 2.01. The largest absolute Gasteiger partial charge is 0.457 e. The third-order valence-corrected chi connectivity index (χ3v) is 3.24. The maximum absolute atomic E-state index is 12.7. The summed E-state index contributed by atoms with van der Waals surface area (Å²) in [6.45, 7) is 0.0923. The lowest BCUT2D eigenvalue weighted by Crippen LogP contribution is -2.06. The second-order valence-electron chi connectivity index (χ2n) is 3.94. The molecule has 0 unspecified atom stereocenters. The third kappa shape index (κ3) is 3.54. The van der Waals surface area contributed by atoms with E-state index in [-0.39, 0.29) is 12.4 Å². The molecule has 0 spiro atoms. The molecule has 0 fully saturated rings. The number of hydrogen-bond acceptors (Lipinski definition) is 3. The van der Waals surface area contributed by atoms with E-state index in [9.17, 15) is 9.18 Å². The van der Waals surface area contributed by atoms with Crippen molar-refractivity contribution in [3.05, 3.63) is 63.9 Å². The Labute approximate surface area is 118 Å². The van der Waals surface area contributed by atoms with Crippen LogP contribution in [-0.2, 0) is 11.3 Å². The van der Waals surface area contributed by atoms with Crippen molar-refractivity contribution in [3.8, 4) is 0 Å². The van der Waals surface area contributed by atoms with Crippen LogP contribution in [0, 0.1) is 5.82 Å². The number of carbonyl (C=O) groups is 1. The summed E-state index contributed by atoms with van der Waals surface area (Å²) in [5.41, 5.74) is 7.25. The number of nitrogen functional groups attached to an aromatic ring is 1. The van der Waals surface area contributed by atoms with Crippen molar-refractivity contribution in [2.45, 2.75) is 6.61 Å². The van der Waals surface area contributed by atoms with Crippen molar-refractivity contribution in [2.75, 3.05) is 5.73 Å². The number of hydrogen-bond donors (Lipinski definition) is 1. The van der Waals surface area contributed by atoms with E-state index in [0.29, 0.717) is 11.3 Å². The lowest BCUT2D eigenvalue weighted by atomic mass is 10.2. The minimum Gasteiger partial charge on any atom is -0.457 e. The van der Waals surface area contributed by atoms with Gasteiger partial charge in [0.2, 0.25) is 0 Å². The summed E-state index contributed by atoms with van der Waals surface area (Å²) in [6, 6.07) is 10.6. The highest BCUT2D eigenvalue weighted by Gasteiger charge is 2.09. The number of nitrogens with two attached hydrogens (primary N) is 1. The fourth-order valence-corrected chi connectivity index (χ4v) is 1.73. The lowest BCUT2D eigenvalue weighted by molar-refractivity contribution is 0.0472. The molecule has 0 heterocycles. The first-order valence-corrected chi connectivity index (χ1v) is 6.32. The van der Waals surface area contributed by atoms with Crippen molar-refractivity contribution < 1.29 is 13.9 Å². The van der Waals surface area contributed by atoms with Crippen LogP contribution in [0.3, 0.4) is 0 Å². The number of anilines is 1. The highest BCUT2D eigenvalue weighted by Crippen LogP contribution is 2.20. The molecule has 2 N–H and O–H groups in total. The number of carbonyl (C=O) groups excluding carboxylic acids is 1. The molecule has 19 heavy (non-hydrogen) atoms. The van der Waals surface area contributed by atoms with E-state index in [1.165, 1.54) is 18.2 Å². The summed E-state index contributed by atoms with van der Waals surface area (Å²) >= 11 is 3.25. The van der Waals surface area contributed by atoms with Crippen LogP contribution in [0.5, 0.6) is 0 Å². The van der Waals surface area contributed by atoms with Crippen LogP contribution in [0.25, 0.3) is 0 Å². The van der Waals surface area contributed by atoms with Gasteiger partial charge in [-0.2, -0.15) is 0 Å². The van der Waals surface area contributed by atoms with E-state index >= 15 is 0 Å². The highest BCUT2D eigenvalue weighted by atomic mass is 79.9. The van der Waals surface area contributed by atoms with E-state index in [2.05, 4.69) is 15.9 Å². The number of halogens is 2. The molecule has 2 aromatic carbocycles. The smallest absolute Gasteiger partial charge is 0.338 e. The molecule has 0 saturated carbocycles. The topological polar surface area (TPSA) is 52.3 Å². The predicted molar refractivity (Wildman–Crippen MR) is 74.1 cm³/mol. The number of ether oxygens (including phenoxy) is 1. The standard InChI is InChI=1S/C14H11BrFNO2/c15-12-6-3-10(7-13(12)17)14(18)19-8-9-1-4-11(16)5-2-9/h1-7H,8,17H2. The molecule has 0 bridgehead atoms. The van der Waals surface area contributed by atoms with Crippen molar-refractivity contribution in [1.29, 1.82) is 0 Å². The Morgan fingerprint density at radius 1 is 1.21 bits per heavy atom. The lowest BCUT2D eigenvalue weighted by Gasteiger charge is -2.06. The average Bonchev–Trinajstić information content (AvgIpc) is 2.41. The van der Waals surface area contributed by atoms with Gasteiger partial charge >= 0.3 is 5.97 Å². The highest BCUT2D eigenvalue weighted by molar-refractivity contribution is 9.10. The van der Waals surface area contributed by atoms with E-state index in [4.69, 9.17) is 10.5 Å². The van der Waals surface area contributed by atoms with Crippen LogP contribution in [0.1, 0.15) is 15.9 Å². The molecule has 0 amide bonds. The molecule has 98 valence electrons. The molecule has 0 saturated heterocycles. The van der Waals surface area contributed by atoms with Gasteiger partial charge in [0.25, 0.3) is 0 Å². The van der Waals surface area contributed by atoms with Crippen LogP contribution >= 0.6 is 15.9 Å². The molecular formula is C14H11BrFNO2. The first-order chi connectivity index (χ1) is 9.06. The van der Waals surface area contributed by atoms with Gasteiger partial charge < -0.3 is 10.5 Å². The Bertz CT molecular complexity index is 599. The quantitative estimate of drug-likeness (QED) is 0.694. The maximum Gasteiger partial charge on any atom is 0.338 e. The van der Waals surface area contributed by atoms with Crippen LogP contribution in [0.4, 0.5) is 10.1 Å². The summed E-state index contributed by atoms with van der Waals surface area (Å²) in [4.78, 5) is 11.8. The number of benzene rings is 2. The van der Waals surface area contributed by atoms with Gasteiger partial charge in [-0.3, -0.25) is 0 Å². The summed E-state index contributed by atoms with van der Waals surface area (Å²) in [7, 11) is 0. The minimum absolute atomic E-state index is 0.0923. The van der Waals surface area contributed by atoms with Gasteiger partial charge in [0.1, 0.15) is 12.4 Å². The van der Waals surface area contributed by atoms with Crippen molar-refractivity contribution in [2.24, 2.45) is 0 Å². The Kier molecular flexibility index (Phi) is 4.16. The van der Waals surface area contributed by atoms with Gasteiger partial charge in [-0.05, 0) is 51.8 Å². The molecule has 5 heteroatoms. The van der Waals surface area contributed by atoms with E-state index in [1.807, 2.05) is 0 Å². The van der Waals surface area contributed by atoms with Gasteiger partial charge in [0.05, 0.1) is 5.56 Å². The van der Waals surface area contributed by atoms with Crippen LogP contribution in [0.15, 0.2) is 46.9 Å². The van der Waals surface area contributed by atoms with Gasteiger partial charge in [0, 0.05) is 10.2 Å². The zero-order valence-electron chi connectivity index (χ0n) is 9.90. The Morgan fingerprint density at radius 2 is 1.89 bits per heavy atom. The number of rotatable bonds is 3. The molecule has 0 radical (unpaired) electrons. The molecule has 0 atom stereocenters. The summed E-state index contributed by atoms with van der Waals surface area (Å²) in [5, 5.41) is 0. The van der Waals surface area contributed by atoms with E-state index < -0.39 is 5.97 Å². The van der Waals surface area contributed by atoms with E-state index in [1.54, 1.807) is 24.3 Å². The molecule has 2 rings (SSSR count).